The van der Waals surface area contributed by atoms with Crippen LogP contribution in [0.4, 0.5) is 17.1 Å². The van der Waals surface area contributed by atoms with Crippen LogP contribution >= 0.6 is 22.7 Å². The minimum atomic E-state index is 1.07. The first-order valence-electron chi connectivity index (χ1n) is 13.7. The summed E-state index contributed by atoms with van der Waals surface area (Å²) in [7, 11) is 0. The Morgan fingerprint density at radius 2 is 1.22 bits per heavy atom. The number of rotatable bonds is 4. The fraction of sp³-hybridized carbons (Fsp3) is 0. The number of anilines is 3. The van der Waals surface area contributed by atoms with Crippen LogP contribution in [0.1, 0.15) is 0 Å². The number of hydrogen-bond acceptors (Lipinski definition) is 4. The van der Waals surface area contributed by atoms with Crippen molar-refractivity contribution in [3.63, 3.8) is 0 Å². The number of aromatic nitrogens is 1. The fourth-order valence-corrected chi connectivity index (χ4v) is 8.53. The van der Waals surface area contributed by atoms with Gasteiger partial charge in [0.25, 0.3) is 0 Å². The Morgan fingerprint density at radius 3 is 2.10 bits per heavy atom. The zero-order valence-electron chi connectivity index (χ0n) is 21.9. The van der Waals surface area contributed by atoms with Gasteiger partial charge in [-0.2, -0.15) is 0 Å². The van der Waals surface area contributed by atoms with Crippen molar-refractivity contribution in [1.82, 2.24) is 4.98 Å². The van der Waals surface area contributed by atoms with Gasteiger partial charge in [0.15, 0.2) is 0 Å². The third-order valence-electron chi connectivity index (χ3n) is 8.04. The largest absolute Gasteiger partial charge is 0.309 e. The molecule has 2 aromatic heterocycles. The standard InChI is InChI=1S/C37H22N2S2/c1-3-11-23(12-4-1)37-38-35-27-21-22-29(25-16-9-17-28(33(25)27)36(35)41-37)39(24-13-5-2-6-14-24)30-18-10-20-32-34(30)26-15-7-8-19-31(26)40-32/h1-22H. The van der Waals surface area contributed by atoms with Crippen LogP contribution in [0.2, 0.25) is 0 Å². The van der Waals surface area contributed by atoms with Crippen LogP contribution in [-0.4, -0.2) is 4.98 Å². The number of fused-ring (bicyclic) bond motifs is 6. The van der Waals surface area contributed by atoms with Crippen molar-refractivity contribution in [2.45, 2.75) is 0 Å². The van der Waals surface area contributed by atoms with Crippen molar-refractivity contribution in [1.29, 1.82) is 0 Å². The Balaban J connectivity index is 1.30. The number of para-hydroxylation sites is 1. The smallest absolute Gasteiger partial charge is 0.124 e. The maximum absolute atomic E-state index is 5.17. The van der Waals surface area contributed by atoms with Crippen molar-refractivity contribution < 1.29 is 0 Å². The molecule has 6 aromatic carbocycles. The van der Waals surface area contributed by atoms with E-state index in [4.69, 9.17) is 4.98 Å². The molecule has 2 nitrogen and oxygen atoms in total. The van der Waals surface area contributed by atoms with Crippen LogP contribution in [0.5, 0.6) is 0 Å². The van der Waals surface area contributed by atoms with Gasteiger partial charge in [-0.25, -0.2) is 4.98 Å². The molecule has 0 amide bonds. The van der Waals surface area contributed by atoms with Gasteiger partial charge in [-0.05, 0) is 36.4 Å². The quantitative estimate of drug-likeness (QED) is 0.214. The van der Waals surface area contributed by atoms with E-state index >= 15 is 0 Å². The molecule has 4 heteroatoms. The van der Waals surface area contributed by atoms with Crippen LogP contribution in [0.25, 0.3) is 63.2 Å². The van der Waals surface area contributed by atoms with E-state index < -0.39 is 0 Å². The number of nitrogens with zero attached hydrogens (tertiary/aromatic N) is 2. The lowest BCUT2D eigenvalue weighted by atomic mass is 10.0. The normalized spacial score (nSPS) is 11.9. The van der Waals surface area contributed by atoms with Gasteiger partial charge < -0.3 is 4.90 Å². The van der Waals surface area contributed by atoms with Gasteiger partial charge in [0.05, 0.1) is 21.9 Å². The van der Waals surface area contributed by atoms with Crippen LogP contribution in [-0.2, 0) is 0 Å². The van der Waals surface area contributed by atoms with Gasteiger partial charge in [0, 0.05) is 53.3 Å². The molecule has 2 heterocycles. The van der Waals surface area contributed by atoms with E-state index in [9.17, 15) is 0 Å². The van der Waals surface area contributed by atoms with Crippen LogP contribution in [0.3, 0.4) is 0 Å². The average molecular weight is 559 g/mol. The summed E-state index contributed by atoms with van der Waals surface area (Å²) in [4.78, 5) is 8.87. The minimum absolute atomic E-state index is 1.07. The van der Waals surface area contributed by atoms with Gasteiger partial charge >= 0.3 is 0 Å². The Labute approximate surface area is 245 Å². The van der Waals surface area contributed by atoms with Crippen molar-refractivity contribution in [2.24, 2.45) is 0 Å². The molecule has 192 valence electrons. The van der Waals surface area contributed by atoms with E-state index in [1.165, 1.54) is 63.9 Å². The van der Waals surface area contributed by atoms with E-state index in [1.54, 1.807) is 11.3 Å². The predicted octanol–water partition coefficient (Wildman–Crippen LogP) is 11.4. The first-order valence-corrected chi connectivity index (χ1v) is 15.4. The fourth-order valence-electron chi connectivity index (χ4n) is 6.29. The predicted molar refractivity (Wildman–Crippen MR) is 177 cm³/mol. The summed E-state index contributed by atoms with van der Waals surface area (Å²) >= 11 is 3.65. The second kappa shape index (κ2) is 8.87. The first-order chi connectivity index (χ1) is 20.3. The van der Waals surface area contributed by atoms with E-state index in [2.05, 4.69) is 138 Å². The summed E-state index contributed by atoms with van der Waals surface area (Å²) in [5.74, 6) is 0. The molecule has 1 aliphatic carbocycles. The molecule has 0 atom stereocenters. The van der Waals surface area contributed by atoms with Gasteiger partial charge in [-0.15, -0.1) is 22.7 Å². The zero-order chi connectivity index (χ0) is 26.9. The minimum Gasteiger partial charge on any atom is -0.309 e. The van der Waals surface area contributed by atoms with Gasteiger partial charge in [-0.3, -0.25) is 0 Å². The van der Waals surface area contributed by atoms with Crippen molar-refractivity contribution in [3.05, 3.63) is 133 Å². The van der Waals surface area contributed by atoms with Gasteiger partial charge in [-0.1, -0.05) is 97.1 Å². The highest BCUT2D eigenvalue weighted by atomic mass is 32.1. The lowest BCUT2D eigenvalue weighted by Gasteiger charge is -2.28. The Hall–Kier alpha value is -4.77. The lowest BCUT2D eigenvalue weighted by Crippen LogP contribution is -2.10. The van der Waals surface area contributed by atoms with Crippen LogP contribution in [0, 0.1) is 0 Å². The summed E-state index contributed by atoms with van der Waals surface area (Å²) in [6.45, 7) is 0. The number of hydrogen-bond donors (Lipinski definition) is 0. The number of thiazole rings is 1. The summed E-state index contributed by atoms with van der Waals surface area (Å²) < 4.78 is 2.61. The molecular formula is C37H22N2S2. The maximum atomic E-state index is 5.17. The third-order valence-corrected chi connectivity index (χ3v) is 10.3. The molecular weight excluding hydrogens is 537 g/mol. The lowest BCUT2D eigenvalue weighted by molar-refractivity contribution is 1.31. The SMILES string of the molecule is c1ccc(-c2nc3c(s2)-c2cccc4c(N(c5ccccc5)c5cccc6sc7ccccc7c56)ccc-3c24)cc1. The Kier molecular flexibility index (Phi) is 4.97. The molecule has 41 heavy (non-hydrogen) atoms. The number of benzene rings is 6. The average Bonchev–Trinajstić information content (AvgIpc) is 3.72. The topological polar surface area (TPSA) is 16.1 Å². The summed E-state index contributed by atoms with van der Waals surface area (Å²) in [6, 6.07) is 48.0. The molecule has 0 N–H and O–H groups in total. The van der Waals surface area contributed by atoms with E-state index in [1.807, 2.05) is 11.3 Å². The summed E-state index contributed by atoms with van der Waals surface area (Å²) in [6.07, 6.45) is 0. The second-order valence-corrected chi connectivity index (χ2v) is 12.4. The third kappa shape index (κ3) is 3.38. The molecule has 8 aromatic rings. The van der Waals surface area contributed by atoms with Crippen molar-refractivity contribution in [2.75, 3.05) is 4.90 Å². The Bertz CT molecular complexity index is 2230. The molecule has 1 aliphatic rings. The second-order valence-electron chi connectivity index (χ2n) is 10.3. The molecule has 0 fully saturated rings. The maximum Gasteiger partial charge on any atom is 0.124 e. The van der Waals surface area contributed by atoms with E-state index in [0.717, 1.165) is 16.4 Å². The molecule has 0 aliphatic heterocycles. The molecule has 9 rings (SSSR count). The zero-order valence-corrected chi connectivity index (χ0v) is 23.5. The first kappa shape index (κ1) is 23.0. The highest BCUT2D eigenvalue weighted by Gasteiger charge is 2.29. The Morgan fingerprint density at radius 1 is 0.488 bits per heavy atom. The van der Waals surface area contributed by atoms with E-state index in [-0.39, 0.29) is 0 Å². The number of thiophene rings is 1. The van der Waals surface area contributed by atoms with E-state index in [0.29, 0.717) is 0 Å². The monoisotopic (exact) mass is 558 g/mol. The van der Waals surface area contributed by atoms with Crippen molar-refractivity contribution in [3.8, 4) is 32.3 Å². The molecule has 0 radical (unpaired) electrons. The van der Waals surface area contributed by atoms with Gasteiger partial charge in [0.1, 0.15) is 5.01 Å². The highest BCUT2D eigenvalue weighted by Crippen LogP contribution is 2.54. The molecule has 0 saturated heterocycles. The van der Waals surface area contributed by atoms with Crippen LogP contribution in [0.15, 0.2) is 133 Å². The van der Waals surface area contributed by atoms with Crippen LogP contribution < -0.4 is 4.90 Å². The van der Waals surface area contributed by atoms with Crippen molar-refractivity contribution >= 4 is 70.7 Å². The summed E-state index contributed by atoms with van der Waals surface area (Å²) in [5.41, 5.74) is 8.30. The molecule has 0 unspecified atom stereocenters. The summed E-state index contributed by atoms with van der Waals surface area (Å²) in [5, 5.41) is 6.21. The molecule has 0 saturated carbocycles. The highest BCUT2D eigenvalue weighted by molar-refractivity contribution is 7.26. The van der Waals surface area contributed by atoms with Gasteiger partial charge in [0.2, 0.25) is 0 Å². The molecule has 0 bridgehead atoms. The molecule has 0 spiro atoms.